The highest BCUT2D eigenvalue weighted by Gasteiger charge is 2.56. The molecule has 2 aromatic carbocycles. The third-order valence-corrected chi connectivity index (χ3v) is 15.6. The van der Waals surface area contributed by atoms with Crippen LogP contribution in [0.5, 0.6) is 11.5 Å². The van der Waals surface area contributed by atoms with E-state index < -0.39 is 23.6 Å². The van der Waals surface area contributed by atoms with E-state index in [1.165, 1.54) is 4.90 Å². The number of aryl methyl sites for hydroxylation is 1. The van der Waals surface area contributed by atoms with Gasteiger partial charge in [0.15, 0.2) is 11.6 Å². The second-order valence-corrected chi connectivity index (χ2v) is 22.1. The molecule has 4 atom stereocenters. The van der Waals surface area contributed by atoms with Crippen molar-refractivity contribution in [3.63, 3.8) is 0 Å². The first-order valence-electron chi connectivity index (χ1n) is 25.5. The van der Waals surface area contributed by atoms with Gasteiger partial charge in [-0.3, -0.25) is 19.2 Å². The molecule has 4 fully saturated rings. The van der Waals surface area contributed by atoms with Crippen LogP contribution < -0.4 is 26.4 Å². The number of thiazole rings is 1. The van der Waals surface area contributed by atoms with E-state index in [0.717, 1.165) is 112 Å². The minimum atomic E-state index is -0.840. The number of amides is 4. The van der Waals surface area contributed by atoms with Crippen LogP contribution in [0.3, 0.4) is 0 Å². The van der Waals surface area contributed by atoms with Gasteiger partial charge in [-0.1, -0.05) is 109 Å². The summed E-state index contributed by atoms with van der Waals surface area (Å²) in [6.45, 7) is 9.25. The number of aliphatic hydroxyl groups excluding tert-OH is 1. The number of β-amino-alcohol motifs (C(OH)–C–C–N with tert-alkyl or cyclic N) is 1. The third-order valence-electron chi connectivity index (χ3n) is 14.6. The molecule has 1 aliphatic heterocycles. The Morgan fingerprint density at radius 3 is 2.19 bits per heavy atom. The second kappa shape index (κ2) is 24.0. The zero-order valence-electron chi connectivity index (χ0n) is 41.5. The van der Waals surface area contributed by atoms with E-state index in [1.807, 2.05) is 63.5 Å². The number of carbonyl (C=O) groups excluding carboxylic acids is 4. The molecule has 3 saturated carbocycles. The van der Waals surface area contributed by atoms with Crippen molar-refractivity contribution in [2.45, 2.75) is 155 Å². The Morgan fingerprint density at radius 1 is 0.886 bits per heavy atom. The molecular weight excluding hydrogens is 905 g/mol. The first kappa shape index (κ1) is 52.2. The van der Waals surface area contributed by atoms with Gasteiger partial charge in [-0.2, -0.15) is 0 Å². The zero-order valence-corrected chi connectivity index (χ0v) is 42.3. The lowest BCUT2D eigenvalue weighted by atomic mass is 9.69. The van der Waals surface area contributed by atoms with E-state index in [-0.39, 0.29) is 60.1 Å². The maximum Gasteiger partial charge on any atom is 0.246 e. The fraction of sp³-hybridized carbons (Fsp3) is 0.574. The first-order valence-corrected chi connectivity index (χ1v) is 26.3. The number of phenols is 1. The maximum absolute atomic E-state index is 14.0. The van der Waals surface area contributed by atoms with Gasteiger partial charge in [-0.15, -0.1) is 21.5 Å². The van der Waals surface area contributed by atoms with Crippen LogP contribution in [-0.2, 0) is 25.7 Å². The van der Waals surface area contributed by atoms with Gasteiger partial charge in [0, 0.05) is 50.5 Å². The van der Waals surface area contributed by atoms with Crippen molar-refractivity contribution in [2.75, 3.05) is 25.4 Å². The summed E-state index contributed by atoms with van der Waals surface area (Å²) in [5.74, 6) is 1.06. The third kappa shape index (κ3) is 13.8. The molecular formula is C54H74N8O7S. The number of ether oxygens (including phenoxy) is 1. The van der Waals surface area contributed by atoms with Gasteiger partial charge in [-0.25, -0.2) is 4.98 Å². The summed E-state index contributed by atoms with van der Waals surface area (Å²) in [5.41, 5.74) is 11.5. The standard InChI is InChI=1S/C54H74N8O7S/c1-35-48(70-34-58-35)37-23-21-36(22-24-37)30-56-51(67)43-25-40(63)31-62(43)52(68)49(53(2,3)4)59-47(66)20-14-12-10-8-6-5-7-9-11-13-19-46(65)57-33-54-27-38(28-54)39(29-54)32-69-45-26-42(60-61-50(45)55)41-17-15-16-18-44(41)64/h15-18,21-24,26,34,38-40,43,49,63-64H,5-14,19-20,25,27-33H2,1-4H3,(H2,55,61)(H,56,67)(H,57,65)(H,59,66)/t38?,39-,40-,43+,49-,54?/m1/s1. The number of fused-ring (bicyclic) bond motifs is 1. The van der Waals surface area contributed by atoms with Gasteiger partial charge in [-0.05, 0) is 85.0 Å². The molecule has 3 aliphatic carbocycles. The maximum atomic E-state index is 14.0. The molecule has 15 nitrogen and oxygen atoms in total. The molecule has 2 aromatic heterocycles. The molecule has 7 N–H and O–H groups in total. The highest BCUT2D eigenvalue weighted by atomic mass is 32.1. The Hall–Kier alpha value is -5.61. The number of para-hydroxylation sites is 1. The highest BCUT2D eigenvalue weighted by molar-refractivity contribution is 7.13. The normalized spacial score (nSPS) is 21.0. The lowest BCUT2D eigenvalue weighted by Crippen LogP contribution is -2.57. The fourth-order valence-electron chi connectivity index (χ4n) is 10.6. The summed E-state index contributed by atoms with van der Waals surface area (Å²) in [7, 11) is 0. The molecule has 378 valence electrons. The van der Waals surface area contributed by atoms with Crippen LogP contribution in [0.1, 0.15) is 135 Å². The number of benzene rings is 2. The molecule has 1 saturated heterocycles. The number of nitrogens with two attached hydrogens (primary N) is 1. The van der Waals surface area contributed by atoms with Crippen molar-refractivity contribution in [1.29, 1.82) is 0 Å². The minimum absolute atomic E-state index is 0.0387. The quantitative estimate of drug-likeness (QED) is 0.0347. The van der Waals surface area contributed by atoms with Gasteiger partial charge >= 0.3 is 0 Å². The highest BCUT2D eigenvalue weighted by Crippen LogP contribution is 2.61. The molecule has 0 unspecified atom stereocenters. The molecule has 70 heavy (non-hydrogen) atoms. The average molecular weight is 979 g/mol. The van der Waals surface area contributed by atoms with Crippen LogP contribution in [0.4, 0.5) is 5.82 Å². The summed E-state index contributed by atoms with van der Waals surface area (Å²) in [5, 5.41) is 38.2. The van der Waals surface area contributed by atoms with Crippen LogP contribution in [0.2, 0.25) is 0 Å². The Kier molecular flexibility index (Phi) is 17.9. The molecule has 8 rings (SSSR count). The van der Waals surface area contributed by atoms with E-state index in [2.05, 4.69) is 31.1 Å². The van der Waals surface area contributed by atoms with Crippen LogP contribution in [0.25, 0.3) is 21.7 Å². The van der Waals surface area contributed by atoms with Crippen LogP contribution in [0, 0.1) is 29.6 Å². The molecule has 4 amide bonds. The van der Waals surface area contributed by atoms with E-state index in [1.54, 1.807) is 35.6 Å². The lowest BCUT2D eigenvalue weighted by molar-refractivity contribution is -0.144. The van der Waals surface area contributed by atoms with Crippen LogP contribution in [-0.4, -0.2) is 91.8 Å². The van der Waals surface area contributed by atoms with Crippen LogP contribution >= 0.6 is 11.3 Å². The lowest BCUT2D eigenvalue weighted by Gasteiger charge is -2.38. The number of hydrogen-bond donors (Lipinski definition) is 6. The summed E-state index contributed by atoms with van der Waals surface area (Å²) in [4.78, 5) is 60.2. The molecule has 4 aliphatic rings. The van der Waals surface area contributed by atoms with E-state index in [0.29, 0.717) is 48.3 Å². The number of nitrogen functional groups attached to an aromatic ring is 1. The Morgan fingerprint density at radius 2 is 1.54 bits per heavy atom. The molecule has 16 heteroatoms. The van der Waals surface area contributed by atoms with E-state index in [4.69, 9.17) is 10.5 Å². The number of hydrogen-bond acceptors (Lipinski definition) is 12. The average Bonchev–Trinajstić information content (AvgIpc) is 4.12. The first-order chi connectivity index (χ1) is 33.6. The van der Waals surface area contributed by atoms with Crippen molar-refractivity contribution in [3.8, 4) is 33.2 Å². The largest absolute Gasteiger partial charge is 0.507 e. The molecule has 4 aromatic rings. The van der Waals surface area contributed by atoms with Crippen LogP contribution in [0.15, 0.2) is 60.1 Å². The fourth-order valence-corrected chi connectivity index (χ4v) is 11.4. The minimum Gasteiger partial charge on any atom is -0.507 e. The Bertz CT molecular complexity index is 2400. The number of aromatic hydroxyl groups is 1. The van der Waals surface area contributed by atoms with Crippen molar-refractivity contribution < 1.29 is 34.1 Å². The topological polar surface area (TPSA) is 222 Å². The molecule has 3 heterocycles. The number of nitrogens with one attached hydrogen (secondary N) is 3. The smallest absolute Gasteiger partial charge is 0.246 e. The number of rotatable bonds is 25. The number of anilines is 1. The van der Waals surface area contributed by atoms with Gasteiger partial charge in [0.05, 0.1) is 28.8 Å². The van der Waals surface area contributed by atoms with E-state index >= 15 is 0 Å². The van der Waals surface area contributed by atoms with Gasteiger partial charge in [0.2, 0.25) is 23.6 Å². The molecule has 2 bridgehead atoms. The molecule has 0 spiro atoms. The monoisotopic (exact) mass is 979 g/mol. The van der Waals surface area contributed by atoms with Crippen molar-refractivity contribution >= 4 is 40.8 Å². The predicted octanol–water partition coefficient (Wildman–Crippen LogP) is 8.26. The van der Waals surface area contributed by atoms with E-state index in [9.17, 15) is 29.4 Å². The van der Waals surface area contributed by atoms with Gasteiger partial charge in [0.1, 0.15) is 23.5 Å². The number of likely N-dealkylation sites (tertiary alicyclic amines) is 1. The van der Waals surface area contributed by atoms with Crippen molar-refractivity contribution in [2.24, 2.45) is 22.7 Å². The van der Waals surface area contributed by atoms with Gasteiger partial charge in [0.25, 0.3) is 0 Å². The molecule has 0 radical (unpaired) electrons. The number of nitrogens with zero attached hydrogens (tertiary/aromatic N) is 4. The second-order valence-electron chi connectivity index (χ2n) is 21.2. The number of aliphatic hydroxyl groups is 1. The van der Waals surface area contributed by atoms with Crippen molar-refractivity contribution in [1.82, 2.24) is 36.0 Å². The number of unbranched alkanes of at least 4 members (excludes halogenated alkanes) is 9. The summed E-state index contributed by atoms with van der Waals surface area (Å²) < 4.78 is 6.15. The van der Waals surface area contributed by atoms with Gasteiger partial charge < -0.3 is 41.5 Å². The summed E-state index contributed by atoms with van der Waals surface area (Å²) >= 11 is 1.59. The number of aromatic nitrogens is 3. The predicted molar refractivity (Wildman–Crippen MR) is 272 cm³/mol. The number of phenolic OH excluding ortho intramolecular Hbond substituents is 1. The SMILES string of the molecule is Cc1ncsc1-c1ccc(CNC(=O)[C@@H]2C[C@@H](O)CN2C(=O)[C@@H](NC(=O)CCCCCCCCCCCCC(=O)NCC23CC(C2)[C@@H](COc2cc(-c4ccccc4O)nnc2N)C3)C(C)(C)C)cc1. The zero-order chi connectivity index (χ0) is 49.8. The summed E-state index contributed by atoms with van der Waals surface area (Å²) in [6, 6.07) is 15.0. The van der Waals surface area contributed by atoms with Crippen molar-refractivity contribution in [3.05, 3.63) is 71.4 Å². The summed E-state index contributed by atoms with van der Waals surface area (Å²) in [6.07, 6.45) is 13.7. The Balaban J connectivity index is 0.707. The number of carbonyl (C=O) groups is 4. The Labute approximate surface area is 417 Å².